The summed E-state index contributed by atoms with van der Waals surface area (Å²) in [4.78, 5) is 0. The molecule has 0 heterocycles. The third kappa shape index (κ3) is 3.42. The minimum Gasteiger partial charge on any atom is -0.319 e. The number of likely N-dealkylation sites (N-methyl/N-ethyl adjacent to an activating group) is 1. The maximum Gasteiger partial charge on any atom is 0.126 e. The first-order chi connectivity index (χ1) is 9.61. The van der Waals surface area contributed by atoms with Gasteiger partial charge in [-0.1, -0.05) is 24.3 Å². The van der Waals surface area contributed by atoms with Gasteiger partial charge in [-0.05, 0) is 55.3 Å². The molecular weight excluding hydrogens is 256 g/mol. The number of hydrogen-bond acceptors (Lipinski definition) is 1. The fourth-order valence-electron chi connectivity index (χ4n) is 2.55. The molecule has 1 nitrogen and oxygen atoms in total. The molecule has 0 fully saturated rings. The van der Waals surface area contributed by atoms with Gasteiger partial charge in [0, 0.05) is 12.5 Å². The second-order valence-corrected chi connectivity index (χ2v) is 5.05. The molecule has 0 radical (unpaired) electrons. The summed E-state index contributed by atoms with van der Waals surface area (Å²) in [5.74, 6) is -0.618. The lowest BCUT2D eigenvalue weighted by Gasteiger charge is -2.19. The van der Waals surface area contributed by atoms with Crippen molar-refractivity contribution in [3.05, 3.63) is 70.8 Å². The van der Waals surface area contributed by atoms with Gasteiger partial charge in [0.05, 0.1) is 0 Å². The molecule has 0 saturated carbocycles. The zero-order valence-corrected chi connectivity index (χ0v) is 11.8. The van der Waals surface area contributed by atoms with Gasteiger partial charge < -0.3 is 5.32 Å². The lowest BCUT2D eigenvalue weighted by molar-refractivity contribution is 0.559. The van der Waals surface area contributed by atoms with Crippen molar-refractivity contribution in [2.24, 2.45) is 0 Å². The van der Waals surface area contributed by atoms with E-state index in [1.54, 1.807) is 0 Å². The molecule has 1 unspecified atom stereocenters. The van der Waals surface area contributed by atoms with Crippen LogP contribution in [0.2, 0.25) is 0 Å². The number of hydrogen-bond donors (Lipinski definition) is 1. The third-order valence-electron chi connectivity index (χ3n) is 3.55. The Morgan fingerprint density at radius 1 is 1.10 bits per heavy atom. The third-order valence-corrected chi connectivity index (χ3v) is 3.55. The largest absolute Gasteiger partial charge is 0.319 e. The van der Waals surface area contributed by atoms with Gasteiger partial charge >= 0.3 is 0 Å². The van der Waals surface area contributed by atoms with Crippen molar-refractivity contribution >= 4 is 0 Å². The van der Waals surface area contributed by atoms with E-state index < -0.39 is 5.82 Å². The summed E-state index contributed by atoms with van der Waals surface area (Å²) in [6, 6.07) is 11.7. The summed E-state index contributed by atoms with van der Waals surface area (Å²) in [7, 11) is 1.87. The number of rotatable bonds is 5. The fourth-order valence-corrected chi connectivity index (χ4v) is 2.55. The zero-order chi connectivity index (χ0) is 14.5. The van der Waals surface area contributed by atoms with Gasteiger partial charge in [0.2, 0.25) is 0 Å². The normalized spacial score (nSPS) is 12.4. The van der Waals surface area contributed by atoms with Gasteiger partial charge in [0.15, 0.2) is 0 Å². The molecule has 0 aliphatic carbocycles. The van der Waals surface area contributed by atoms with Crippen LogP contribution in [0.15, 0.2) is 42.5 Å². The van der Waals surface area contributed by atoms with Crippen LogP contribution in [0.3, 0.4) is 0 Å². The predicted molar refractivity (Wildman–Crippen MR) is 77.9 cm³/mol. The van der Waals surface area contributed by atoms with Crippen LogP contribution < -0.4 is 5.32 Å². The Balaban J connectivity index is 2.30. The van der Waals surface area contributed by atoms with Crippen LogP contribution in [-0.4, -0.2) is 13.6 Å². The fraction of sp³-hybridized carbons (Fsp3) is 0.294. The van der Waals surface area contributed by atoms with Gasteiger partial charge in [-0.3, -0.25) is 0 Å². The van der Waals surface area contributed by atoms with Crippen molar-refractivity contribution in [3.63, 3.8) is 0 Å². The Morgan fingerprint density at radius 2 is 1.85 bits per heavy atom. The Labute approximate surface area is 118 Å². The van der Waals surface area contributed by atoms with Crippen LogP contribution in [0.4, 0.5) is 8.78 Å². The molecule has 106 valence electrons. The van der Waals surface area contributed by atoms with Crippen molar-refractivity contribution in [2.45, 2.75) is 19.3 Å². The SMILES string of the molecule is CNCC(Cc1cc(F)ccc1F)c1ccccc1C. The van der Waals surface area contributed by atoms with E-state index in [-0.39, 0.29) is 11.7 Å². The standard InChI is InChI=1S/C17H19F2N/c1-12-5-3-4-6-16(12)14(11-20-2)9-13-10-15(18)7-8-17(13)19/h3-8,10,14,20H,9,11H2,1-2H3. The first-order valence-electron chi connectivity index (χ1n) is 6.76. The van der Waals surface area contributed by atoms with Crippen molar-refractivity contribution < 1.29 is 8.78 Å². The molecule has 0 aromatic heterocycles. The Kier molecular flexibility index (Phi) is 4.85. The summed E-state index contributed by atoms with van der Waals surface area (Å²) < 4.78 is 27.1. The van der Waals surface area contributed by atoms with Gasteiger partial charge in [-0.2, -0.15) is 0 Å². The summed E-state index contributed by atoms with van der Waals surface area (Å²) in [6.45, 7) is 2.76. The van der Waals surface area contributed by atoms with E-state index in [1.807, 2.05) is 32.2 Å². The van der Waals surface area contributed by atoms with E-state index in [2.05, 4.69) is 11.4 Å². The Hall–Kier alpha value is -1.74. The minimum atomic E-state index is -0.394. The molecule has 0 amide bonds. The van der Waals surface area contributed by atoms with Crippen LogP contribution in [-0.2, 0) is 6.42 Å². The molecule has 0 aliphatic heterocycles. The minimum absolute atomic E-state index is 0.123. The van der Waals surface area contributed by atoms with Gasteiger partial charge in [-0.25, -0.2) is 8.78 Å². The summed E-state index contributed by atoms with van der Waals surface area (Å²) >= 11 is 0. The first kappa shape index (κ1) is 14.7. The average molecular weight is 275 g/mol. The molecule has 2 aromatic rings. The Bertz CT molecular complexity index is 581. The van der Waals surface area contributed by atoms with Crippen LogP contribution >= 0.6 is 0 Å². The molecule has 1 N–H and O–H groups in total. The van der Waals surface area contributed by atoms with E-state index >= 15 is 0 Å². The monoisotopic (exact) mass is 275 g/mol. The van der Waals surface area contributed by atoms with Crippen molar-refractivity contribution in [1.82, 2.24) is 5.32 Å². The highest BCUT2D eigenvalue weighted by Gasteiger charge is 2.16. The van der Waals surface area contributed by atoms with Gasteiger partial charge in [0.1, 0.15) is 11.6 Å². The molecular formula is C17H19F2N. The molecule has 0 spiro atoms. The molecule has 20 heavy (non-hydrogen) atoms. The highest BCUT2D eigenvalue weighted by molar-refractivity contribution is 5.32. The van der Waals surface area contributed by atoms with Crippen LogP contribution in [0, 0.1) is 18.6 Å². The Morgan fingerprint density at radius 3 is 2.55 bits per heavy atom. The molecule has 2 rings (SSSR count). The van der Waals surface area contributed by atoms with Crippen LogP contribution in [0.25, 0.3) is 0 Å². The van der Waals surface area contributed by atoms with E-state index in [1.165, 1.54) is 23.3 Å². The van der Waals surface area contributed by atoms with E-state index in [0.29, 0.717) is 12.0 Å². The van der Waals surface area contributed by atoms with Gasteiger partial charge in [-0.15, -0.1) is 0 Å². The first-order valence-corrected chi connectivity index (χ1v) is 6.76. The molecule has 1 atom stereocenters. The number of nitrogens with one attached hydrogen (secondary N) is 1. The van der Waals surface area contributed by atoms with Crippen molar-refractivity contribution in [1.29, 1.82) is 0 Å². The maximum atomic E-state index is 13.8. The molecule has 0 saturated heterocycles. The molecule has 3 heteroatoms. The number of halogens is 2. The summed E-state index contributed by atoms with van der Waals surface area (Å²) in [6.07, 6.45) is 0.481. The van der Waals surface area contributed by atoms with Crippen LogP contribution in [0.5, 0.6) is 0 Å². The van der Waals surface area contributed by atoms with E-state index in [9.17, 15) is 8.78 Å². The smallest absolute Gasteiger partial charge is 0.126 e. The number of benzene rings is 2. The molecule has 0 aliphatic rings. The topological polar surface area (TPSA) is 12.0 Å². The van der Waals surface area contributed by atoms with E-state index in [0.717, 1.165) is 12.6 Å². The molecule has 2 aromatic carbocycles. The quantitative estimate of drug-likeness (QED) is 0.874. The lowest BCUT2D eigenvalue weighted by Crippen LogP contribution is -2.20. The summed E-state index contributed by atoms with van der Waals surface area (Å²) in [5.41, 5.74) is 2.77. The highest BCUT2D eigenvalue weighted by atomic mass is 19.1. The van der Waals surface area contributed by atoms with Crippen molar-refractivity contribution in [2.75, 3.05) is 13.6 Å². The van der Waals surface area contributed by atoms with Crippen LogP contribution in [0.1, 0.15) is 22.6 Å². The van der Waals surface area contributed by atoms with Gasteiger partial charge in [0.25, 0.3) is 0 Å². The van der Waals surface area contributed by atoms with Crippen molar-refractivity contribution in [3.8, 4) is 0 Å². The zero-order valence-electron chi connectivity index (χ0n) is 11.8. The highest BCUT2D eigenvalue weighted by Crippen LogP contribution is 2.25. The average Bonchev–Trinajstić information content (AvgIpc) is 2.43. The lowest BCUT2D eigenvalue weighted by atomic mass is 9.89. The van der Waals surface area contributed by atoms with E-state index in [4.69, 9.17) is 0 Å². The summed E-state index contributed by atoms with van der Waals surface area (Å²) in [5, 5.41) is 3.13. The molecule has 0 bridgehead atoms. The maximum absolute atomic E-state index is 13.8. The number of aryl methyl sites for hydroxylation is 1. The second kappa shape index (κ2) is 6.62. The predicted octanol–water partition coefficient (Wildman–Crippen LogP) is 3.82. The second-order valence-electron chi connectivity index (χ2n) is 5.05.